The fourth-order valence-electron chi connectivity index (χ4n) is 2.13. The van der Waals surface area contributed by atoms with Crippen LogP contribution in [0.5, 0.6) is 0 Å². The molecule has 24 heavy (non-hydrogen) atoms. The number of nitrogens with zero attached hydrogens (tertiary/aromatic N) is 2. The molecule has 3 N–H and O–H groups in total. The molecule has 0 saturated heterocycles. The monoisotopic (exact) mass is 332 g/mol. The number of aliphatic hydroxyl groups excluding tert-OH is 1. The number of rotatable bonds is 7. The van der Waals surface area contributed by atoms with Gasteiger partial charge < -0.3 is 20.2 Å². The molecule has 2 aromatic rings. The molecule has 7 heteroatoms. The van der Waals surface area contributed by atoms with Crippen LogP contribution in [0.3, 0.4) is 0 Å². The average molecular weight is 332 g/mol. The number of nitrogens with one attached hydrogen (secondary N) is 2. The number of hydrogen-bond donors (Lipinski definition) is 3. The summed E-state index contributed by atoms with van der Waals surface area (Å²) >= 11 is 0. The van der Waals surface area contributed by atoms with Gasteiger partial charge in [-0.05, 0) is 42.5 Å². The molecule has 2 rings (SSSR count). The van der Waals surface area contributed by atoms with Crippen LogP contribution in [0.2, 0.25) is 0 Å². The number of anilines is 1. The number of amides is 2. The van der Waals surface area contributed by atoms with Gasteiger partial charge in [0.1, 0.15) is 0 Å². The topological polar surface area (TPSA) is 100 Å². The molecule has 0 spiro atoms. The SMILES string of the molecule is Cc1nnc(-c2ccc(NC(=O)NCCCC(C)(C)CO)cc2)o1. The standard InChI is InChI=1S/C17H24N4O3/c1-12-20-21-15(24-12)13-5-7-14(8-6-13)19-16(23)18-10-4-9-17(2,3)11-22/h5-8,22H,4,9-11H2,1-3H3,(H2,18,19,23). The Kier molecular flexibility index (Phi) is 5.92. The molecule has 0 aliphatic rings. The Bertz CT molecular complexity index is 665. The second kappa shape index (κ2) is 7.92. The summed E-state index contributed by atoms with van der Waals surface area (Å²) in [5.74, 6) is 0.964. The molecule has 0 saturated carbocycles. The van der Waals surface area contributed by atoms with Gasteiger partial charge >= 0.3 is 6.03 Å². The Morgan fingerprint density at radius 2 is 1.96 bits per heavy atom. The van der Waals surface area contributed by atoms with E-state index in [1.54, 1.807) is 19.1 Å². The molecule has 0 bridgehead atoms. The summed E-state index contributed by atoms with van der Waals surface area (Å²) in [6.45, 7) is 6.44. The highest BCUT2D eigenvalue weighted by atomic mass is 16.4. The molecule has 130 valence electrons. The molecule has 0 aliphatic carbocycles. The lowest BCUT2D eigenvalue weighted by molar-refractivity contribution is 0.148. The highest BCUT2D eigenvalue weighted by molar-refractivity contribution is 5.89. The summed E-state index contributed by atoms with van der Waals surface area (Å²) in [4.78, 5) is 11.9. The van der Waals surface area contributed by atoms with E-state index < -0.39 is 0 Å². The number of hydrogen-bond acceptors (Lipinski definition) is 5. The lowest BCUT2D eigenvalue weighted by atomic mass is 9.89. The zero-order valence-electron chi connectivity index (χ0n) is 14.3. The number of aliphatic hydroxyl groups is 1. The largest absolute Gasteiger partial charge is 0.421 e. The second-order valence-corrected chi connectivity index (χ2v) is 6.51. The molecule has 0 radical (unpaired) electrons. The Morgan fingerprint density at radius 3 is 2.54 bits per heavy atom. The summed E-state index contributed by atoms with van der Waals surface area (Å²) in [6, 6.07) is 6.93. The third-order valence-electron chi connectivity index (χ3n) is 3.66. The summed E-state index contributed by atoms with van der Waals surface area (Å²) in [7, 11) is 0. The summed E-state index contributed by atoms with van der Waals surface area (Å²) in [6.07, 6.45) is 1.67. The van der Waals surface area contributed by atoms with Gasteiger partial charge in [0.25, 0.3) is 0 Å². The van der Waals surface area contributed by atoms with Crippen molar-refractivity contribution < 1.29 is 14.3 Å². The number of urea groups is 1. The highest BCUT2D eigenvalue weighted by Gasteiger charge is 2.15. The van der Waals surface area contributed by atoms with Crippen LogP contribution >= 0.6 is 0 Å². The average Bonchev–Trinajstić information content (AvgIpc) is 2.99. The Labute approximate surface area is 141 Å². The predicted octanol–water partition coefficient (Wildman–Crippen LogP) is 2.97. The minimum atomic E-state index is -0.252. The van der Waals surface area contributed by atoms with Gasteiger partial charge in [0.15, 0.2) is 0 Å². The number of carbonyl (C=O) groups is 1. The summed E-state index contributed by atoms with van der Waals surface area (Å²) < 4.78 is 5.35. The molecule has 0 aliphatic heterocycles. The summed E-state index contributed by atoms with van der Waals surface area (Å²) in [5.41, 5.74) is 1.37. The third kappa shape index (κ3) is 5.34. The Balaban J connectivity index is 1.78. The van der Waals surface area contributed by atoms with Crippen LogP contribution in [0.4, 0.5) is 10.5 Å². The highest BCUT2D eigenvalue weighted by Crippen LogP contribution is 2.21. The smallest absolute Gasteiger partial charge is 0.319 e. The molecule has 7 nitrogen and oxygen atoms in total. The van der Waals surface area contributed by atoms with Crippen molar-refractivity contribution in [3.63, 3.8) is 0 Å². The van der Waals surface area contributed by atoms with Crippen molar-refractivity contribution in [1.29, 1.82) is 0 Å². The zero-order valence-corrected chi connectivity index (χ0v) is 14.3. The van der Waals surface area contributed by atoms with E-state index in [4.69, 9.17) is 4.42 Å². The summed E-state index contributed by atoms with van der Waals surface area (Å²) in [5, 5.41) is 22.5. The van der Waals surface area contributed by atoms with Crippen LogP contribution < -0.4 is 10.6 Å². The molecule has 0 unspecified atom stereocenters. The number of aromatic nitrogens is 2. The minimum absolute atomic E-state index is 0.110. The maximum Gasteiger partial charge on any atom is 0.319 e. The van der Waals surface area contributed by atoms with E-state index >= 15 is 0 Å². The van der Waals surface area contributed by atoms with Gasteiger partial charge in [-0.1, -0.05) is 13.8 Å². The maximum atomic E-state index is 11.9. The molecule has 0 fully saturated rings. The van der Waals surface area contributed by atoms with Crippen LogP contribution in [0.15, 0.2) is 28.7 Å². The maximum absolute atomic E-state index is 11.9. The van der Waals surface area contributed by atoms with Crippen molar-refractivity contribution in [2.75, 3.05) is 18.5 Å². The number of benzene rings is 1. The fourth-order valence-corrected chi connectivity index (χ4v) is 2.13. The van der Waals surface area contributed by atoms with Crippen molar-refractivity contribution in [3.8, 4) is 11.5 Å². The van der Waals surface area contributed by atoms with E-state index in [0.29, 0.717) is 24.0 Å². The van der Waals surface area contributed by atoms with Crippen LogP contribution in [0, 0.1) is 12.3 Å². The first-order chi connectivity index (χ1) is 11.4. The molecule has 2 amide bonds. The molecule has 1 heterocycles. The van der Waals surface area contributed by atoms with Crippen molar-refractivity contribution in [1.82, 2.24) is 15.5 Å². The second-order valence-electron chi connectivity index (χ2n) is 6.51. The van der Waals surface area contributed by atoms with Gasteiger partial charge in [-0.3, -0.25) is 0 Å². The predicted molar refractivity (Wildman–Crippen MR) is 91.6 cm³/mol. The van der Waals surface area contributed by atoms with Crippen LogP contribution in [0.1, 0.15) is 32.6 Å². The van der Waals surface area contributed by atoms with Crippen LogP contribution in [-0.2, 0) is 0 Å². The Morgan fingerprint density at radius 1 is 1.25 bits per heavy atom. The van der Waals surface area contributed by atoms with Crippen molar-refractivity contribution in [2.45, 2.75) is 33.6 Å². The number of carbonyl (C=O) groups excluding carboxylic acids is 1. The molecule has 1 aromatic heterocycles. The first kappa shape index (κ1) is 17.9. The third-order valence-corrected chi connectivity index (χ3v) is 3.66. The van der Waals surface area contributed by atoms with Crippen molar-refractivity contribution in [2.24, 2.45) is 5.41 Å². The van der Waals surface area contributed by atoms with E-state index in [0.717, 1.165) is 18.4 Å². The van der Waals surface area contributed by atoms with Gasteiger partial charge in [-0.2, -0.15) is 0 Å². The zero-order chi connectivity index (χ0) is 17.6. The van der Waals surface area contributed by atoms with E-state index in [1.165, 1.54) is 0 Å². The lowest BCUT2D eigenvalue weighted by Crippen LogP contribution is -2.30. The minimum Gasteiger partial charge on any atom is -0.421 e. The first-order valence-corrected chi connectivity index (χ1v) is 7.96. The molecule has 1 aromatic carbocycles. The molecular weight excluding hydrogens is 308 g/mol. The van der Waals surface area contributed by atoms with E-state index in [9.17, 15) is 9.90 Å². The van der Waals surface area contributed by atoms with E-state index in [1.807, 2.05) is 26.0 Å². The van der Waals surface area contributed by atoms with Gasteiger partial charge in [0.05, 0.1) is 0 Å². The Hall–Kier alpha value is -2.41. The first-order valence-electron chi connectivity index (χ1n) is 7.96. The van der Waals surface area contributed by atoms with Crippen molar-refractivity contribution >= 4 is 11.7 Å². The normalized spacial score (nSPS) is 11.3. The number of aryl methyl sites for hydroxylation is 1. The molecule has 0 atom stereocenters. The van der Waals surface area contributed by atoms with Crippen LogP contribution in [-0.4, -0.2) is 34.5 Å². The quantitative estimate of drug-likeness (QED) is 0.677. The van der Waals surface area contributed by atoms with Gasteiger partial charge in [-0.15, -0.1) is 10.2 Å². The van der Waals surface area contributed by atoms with Gasteiger partial charge in [0.2, 0.25) is 11.8 Å². The van der Waals surface area contributed by atoms with Crippen LogP contribution in [0.25, 0.3) is 11.5 Å². The van der Waals surface area contributed by atoms with Gasteiger partial charge in [0, 0.05) is 31.3 Å². The fraction of sp³-hybridized carbons (Fsp3) is 0.471. The van der Waals surface area contributed by atoms with Gasteiger partial charge in [-0.25, -0.2) is 4.79 Å². The van der Waals surface area contributed by atoms with Crippen molar-refractivity contribution in [3.05, 3.63) is 30.2 Å². The van der Waals surface area contributed by atoms with E-state index in [2.05, 4.69) is 20.8 Å². The molecular formula is C17H24N4O3. The lowest BCUT2D eigenvalue weighted by Gasteiger charge is -2.21. The van der Waals surface area contributed by atoms with E-state index in [-0.39, 0.29) is 18.1 Å².